The lowest BCUT2D eigenvalue weighted by molar-refractivity contribution is -0.134. The van der Waals surface area contributed by atoms with Crippen LogP contribution in [0.5, 0.6) is 5.75 Å². The number of rotatable bonds is 4. The first-order valence-corrected chi connectivity index (χ1v) is 11.1. The van der Waals surface area contributed by atoms with E-state index in [4.69, 9.17) is 4.98 Å². The summed E-state index contributed by atoms with van der Waals surface area (Å²) in [6.07, 6.45) is 0.704. The monoisotopic (exact) mass is 432 g/mol. The largest absolute Gasteiger partial charge is 0.507 e. The Morgan fingerprint density at radius 1 is 1.06 bits per heavy atom. The van der Waals surface area contributed by atoms with Gasteiger partial charge in [-0.25, -0.2) is 9.97 Å². The van der Waals surface area contributed by atoms with Crippen LogP contribution in [0.3, 0.4) is 0 Å². The van der Waals surface area contributed by atoms with E-state index in [0.717, 1.165) is 37.1 Å². The highest BCUT2D eigenvalue weighted by molar-refractivity contribution is 5.91. The van der Waals surface area contributed by atoms with Crippen LogP contribution in [-0.4, -0.2) is 82.6 Å². The number of carbonyl (C=O) groups is 1. The first-order chi connectivity index (χ1) is 15.6. The van der Waals surface area contributed by atoms with Crippen LogP contribution >= 0.6 is 0 Å². The maximum absolute atomic E-state index is 13.0. The lowest BCUT2D eigenvalue weighted by Gasteiger charge is -2.34. The summed E-state index contributed by atoms with van der Waals surface area (Å²) in [7, 11) is 2.09. The number of aromatic nitrogens is 2. The minimum Gasteiger partial charge on any atom is -0.507 e. The molecule has 0 spiro atoms. The first kappa shape index (κ1) is 20.7. The molecule has 2 aliphatic rings. The Morgan fingerprint density at radius 3 is 2.62 bits per heavy atom. The molecule has 5 rings (SSSR count). The smallest absolute Gasteiger partial charge is 0.239 e. The number of hydrogen-bond acceptors (Lipinski definition) is 7. The second-order valence-corrected chi connectivity index (χ2v) is 8.60. The number of para-hydroxylation sites is 2. The first-order valence-electron chi connectivity index (χ1n) is 11.1. The van der Waals surface area contributed by atoms with Gasteiger partial charge in [0.15, 0.2) is 5.82 Å². The molecule has 32 heavy (non-hydrogen) atoms. The molecule has 3 heterocycles. The van der Waals surface area contributed by atoms with E-state index in [1.807, 2.05) is 41.3 Å². The van der Waals surface area contributed by atoms with Gasteiger partial charge in [0, 0.05) is 44.2 Å². The van der Waals surface area contributed by atoms with E-state index in [1.54, 1.807) is 12.1 Å². The zero-order chi connectivity index (χ0) is 22.1. The Kier molecular flexibility index (Phi) is 5.63. The molecule has 0 unspecified atom stereocenters. The van der Waals surface area contributed by atoms with Gasteiger partial charge in [0.2, 0.25) is 5.91 Å². The Morgan fingerprint density at radius 2 is 1.81 bits per heavy atom. The Hall–Kier alpha value is -3.23. The number of hydrogen-bond donors (Lipinski definition) is 3. The molecule has 8 nitrogen and oxygen atoms in total. The van der Waals surface area contributed by atoms with Crippen molar-refractivity contribution in [1.82, 2.24) is 25.1 Å². The lowest BCUT2D eigenvalue weighted by Crippen LogP contribution is -2.52. The second kappa shape index (κ2) is 8.72. The molecule has 2 atom stereocenters. The maximum Gasteiger partial charge on any atom is 0.239 e. The van der Waals surface area contributed by atoms with Crippen molar-refractivity contribution in [3.63, 3.8) is 0 Å². The summed E-state index contributed by atoms with van der Waals surface area (Å²) in [6.45, 7) is 4.09. The number of anilines is 1. The molecule has 2 saturated heterocycles. The fraction of sp³-hybridized carbons (Fsp3) is 0.375. The summed E-state index contributed by atoms with van der Waals surface area (Å²) in [4.78, 5) is 26.6. The Bertz CT molecular complexity index is 1130. The molecule has 8 heteroatoms. The minimum absolute atomic E-state index is 0.0759. The molecule has 166 valence electrons. The third-order valence-electron chi connectivity index (χ3n) is 6.33. The van der Waals surface area contributed by atoms with Gasteiger partial charge in [-0.1, -0.05) is 24.3 Å². The van der Waals surface area contributed by atoms with Gasteiger partial charge in [-0.15, -0.1) is 0 Å². The van der Waals surface area contributed by atoms with E-state index >= 15 is 0 Å². The van der Waals surface area contributed by atoms with Gasteiger partial charge in [-0.05, 0) is 37.7 Å². The average Bonchev–Trinajstić information content (AvgIpc) is 3.28. The van der Waals surface area contributed by atoms with Crippen molar-refractivity contribution in [2.45, 2.75) is 18.5 Å². The third-order valence-corrected chi connectivity index (χ3v) is 6.33. The van der Waals surface area contributed by atoms with Gasteiger partial charge in [0.25, 0.3) is 0 Å². The van der Waals surface area contributed by atoms with Crippen molar-refractivity contribution >= 4 is 22.6 Å². The lowest BCUT2D eigenvalue weighted by atomic mass is 10.1. The van der Waals surface area contributed by atoms with Crippen LogP contribution < -0.4 is 10.6 Å². The number of fused-ring (bicyclic) bond motifs is 1. The van der Waals surface area contributed by atoms with Crippen molar-refractivity contribution in [3.05, 3.63) is 48.5 Å². The molecule has 3 aromatic rings. The molecule has 1 aromatic heterocycles. The number of phenols is 1. The minimum atomic E-state index is -0.179. The molecule has 2 fully saturated rings. The zero-order valence-corrected chi connectivity index (χ0v) is 18.2. The fourth-order valence-corrected chi connectivity index (χ4v) is 4.44. The number of aromatic hydroxyl groups is 1. The predicted molar refractivity (Wildman–Crippen MR) is 125 cm³/mol. The highest BCUT2D eigenvalue weighted by atomic mass is 16.3. The van der Waals surface area contributed by atoms with Crippen LogP contribution in [0.15, 0.2) is 48.5 Å². The average molecular weight is 433 g/mol. The Balaban J connectivity index is 1.36. The molecule has 0 aliphatic carbocycles. The summed E-state index contributed by atoms with van der Waals surface area (Å²) in [5.74, 6) is 1.52. The molecule has 2 aliphatic heterocycles. The van der Waals surface area contributed by atoms with Crippen LogP contribution in [0, 0.1) is 0 Å². The molecule has 0 saturated carbocycles. The molecule has 2 aromatic carbocycles. The summed E-state index contributed by atoms with van der Waals surface area (Å²) in [6, 6.07) is 14.8. The number of benzene rings is 2. The highest BCUT2D eigenvalue weighted by Gasteiger charge is 2.33. The summed E-state index contributed by atoms with van der Waals surface area (Å²) in [5.41, 5.74) is 1.40. The van der Waals surface area contributed by atoms with Crippen molar-refractivity contribution in [3.8, 4) is 17.1 Å². The van der Waals surface area contributed by atoms with E-state index in [1.165, 1.54) is 0 Å². The molecule has 0 radical (unpaired) electrons. The molecule has 3 N–H and O–H groups in total. The van der Waals surface area contributed by atoms with Crippen molar-refractivity contribution < 1.29 is 9.90 Å². The number of carbonyl (C=O) groups excluding carboxylic acids is 1. The van der Waals surface area contributed by atoms with E-state index in [0.29, 0.717) is 30.2 Å². The topological polar surface area (TPSA) is 93.6 Å². The fourth-order valence-electron chi connectivity index (χ4n) is 4.44. The van der Waals surface area contributed by atoms with Gasteiger partial charge >= 0.3 is 0 Å². The Labute approximate surface area is 187 Å². The number of piperazine rings is 1. The van der Waals surface area contributed by atoms with Gasteiger partial charge in [0.1, 0.15) is 11.6 Å². The van der Waals surface area contributed by atoms with Crippen molar-refractivity contribution in [2.75, 3.05) is 45.1 Å². The van der Waals surface area contributed by atoms with E-state index in [-0.39, 0.29) is 23.7 Å². The maximum atomic E-state index is 13.0. The zero-order valence-electron chi connectivity index (χ0n) is 18.2. The van der Waals surface area contributed by atoms with E-state index in [2.05, 4.69) is 27.6 Å². The van der Waals surface area contributed by atoms with Crippen LogP contribution in [0.1, 0.15) is 6.42 Å². The number of likely N-dealkylation sites (N-methyl/N-ethyl adjacent to an activating group) is 1. The number of phenolic OH excluding ortho intramolecular Hbond substituents is 1. The van der Waals surface area contributed by atoms with Crippen LogP contribution in [0.25, 0.3) is 22.3 Å². The van der Waals surface area contributed by atoms with Gasteiger partial charge in [-0.3, -0.25) is 4.79 Å². The van der Waals surface area contributed by atoms with E-state index < -0.39 is 0 Å². The summed E-state index contributed by atoms with van der Waals surface area (Å²) >= 11 is 0. The SMILES string of the molecule is CN1CCN(C(=O)[C@H]2C[C@H](Nc3nc(-c4ccccc4O)nc4ccccc34)CN2)CC1. The number of nitrogens with one attached hydrogen (secondary N) is 2. The van der Waals surface area contributed by atoms with Crippen LogP contribution in [0.4, 0.5) is 5.82 Å². The standard InChI is InChI=1S/C24H28N6O2/c1-29-10-12-30(13-11-29)24(32)20-14-16(15-25-20)26-22-17-6-2-4-8-19(17)27-23(28-22)18-7-3-5-9-21(18)31/h2-9,16,20,25,31H,10-15H2,1H3,(H,26,27,28)/t16-,20+/m0/s1. The molecule has 0 bridgehead atoms. The van der Waals surface area contributed by atoms with E-state index in [9.17, 15) is 9.90 Å². The third kappa shape index (κ3) is 4.11. The van der Waals surface area contributed by atoms with Crippen LogP contribution in [0.2, 0.25) is 0 Å². The number of nitrogens with zero attached hydrogens (tertiary/aromatic N) is 4. The summed E-state index contributed by atoms with van der Waals surface area (Å²) < 4.78 is 0. The van der Waals surface area contributed by atoms with Crippen LogP contribution in [-0.2, 0) is 4.79 Å². The molecule has 1 amide bonds. The number of amides is 1. The highest BCUT2D eigenvalue weighted by Crippen LogP contribution is 2.30. The molecular weight excluding hydrogens is 404 g/mol. The quantitative estimate of drug-likeness (QED) is 0.580. The van der Waals surface area contributed by atoms with Gasteiger partial charge in [-0.2, -0.15) is 0 Å². The van der Waals surface area contributed by atoms with Crippen molar-refractivity contribution in [2.24, 2.45) is 0 Å². The van der Waals surface area contributed by atoms with Gasteiger partial charge < -0.3 is 25.5 Å². The predicted octanol–water partition coefficient (Wildman–Crippen LogP) is 1.92. The normalized spacial score (nSPS) is 21.7. The van der Waals surface area contributed by atoms with Crippen molar-refractivity contribution in [1.29, 1.82) is 0 Å². The second-order valence-electron chi connectivity index (χ2n) is 8.60. The molecular formula is C24H28N6O2. The summed E-state index contributed by atoms with van der Waals surface area (Å²) in [5, 5.41) is 18.1. The van der Waals surface area contributed by atoms with Gasteiger partial charge in [0.05, 0.1) is 17.1 Å².